The lowest BCUT2D eigenvalue weighted by Gasteiger charge is -2.07. The summed E-state index contributed by atoms with van der Waals surface area (Å²) in [7, 11) is 3.13. The Morgan fingerprint density at radius 1 is 1.28 bits per heavy atom. The molecule has 0 bridgehead atoms. The number of aromatic amines is 1. The van der Waals surface area contributed by atoms with Crippen LogP contribution in [0.1, 0.15) is 5.56 Å². The standard InChI is InChI=1S/C13H13NO4/c1-17-11-5-9-8(3-4-13(15)16)7-14-10(9)6-12(11)18-2/h3-7,14H,1-2H3,(H,15,16)/b4-3+. The highest BCUT2D eigenvalue weighted by molar-refractivity contribution is 5.94. The molecule has 0 radical (unpaired) electrons. The van der Waals surface area contributed by atoms with Crippen molar-refractivity contribution >= 4 is 22.9 Å². The Balaban J connectivity index is 2.55. The van der Waals surface area contributed by atoms with Gasteiger partial charge in [-0.3, -0.25) is 0 Å². The second-order valence-corrected chi connectivity index (χ2v) is 3.67. The summed E-state index contributed by atoms with van der Waals surface area (Å²) in [5.41, 5.74) is 1.64. The number of carboxylic acids is 1. The zero-order valence-corrected chi connectivity index (χ0v) is 10.1. The number of aromatic nitrogens is 1. The minimum Gasteiger partial charge on any atom is -0.493 e. The maximum Gasteiger partial charge on any atom is 0.328 e. The van der Waals surface area contributed by atoms with Crippen molar-refractivity contribution in [2.24, 2.45) is 0 Å². The Morgan fingerprint density at radius 3 is 2.56 bits per heavy atom. The van der Waals surface area contributed by atoms with E-state index in [1.807, 2.05) is 12.1 Å². The van der Waals surface area contributed by atoms with Gasteiger partial charge in [-0.15, -0.1) is 0 Å². The number of aliphatic carboxylic acids is 1. The van der Waals surface area contributed by atoms with Gasteiger partial charge in [-0.1, -0.05) is 0 Å². The first-order valence-electron chi connectivity index (χ1n) is 5.30. The molecule has 0 aliphatic heterocycles. The van der Waals surface area contributed by atoms with Gasteiger partial charge in [-0.2, -0.15) is 0 Å². The van der Waals surface area contributed by atoms with Crippen LogP contribution in [0.4, 0.5) is 0 Å². The molecule has 0 unspecified atom stereocenters. The van der Waals surface area contributed by atoms with Crippen molar-refractivity contribution in [2.45, 2.75) is 0 Å². The quantitative estimate of drug-likeness (QED) is 0.813. The van der Waals surface area contributed by atoms with E-state index in [4.69, 9.17) is 14.6 Å². The number of rotatable bonds is 4. The average molecular weight is 247 g/mol. The van der Waals surface area contributed by atoms with Crippen LogP contribution in [0, 0.1) is 0 Å². The monoisotopic (exact) mass is 247 g/mol. The number of benzene rings is 1. The lowest BCUT2D eigenvalue weighted by Crippen LogP contribution is -1.90. The van der Waals surface area contributed by atoms with Crippen molar-refractivity contribution in [3.8, 4) is 11.5 Å². The van der Waals surface area contributed by atoms with Gasteiger partial charge in [0.2, 0.25) is 0 Å². The summed E-state index contributed by atoms with van der Waals surface area (Å²) in [5.74, 6) is 0.250. The number of carboxylic acid groups (broad SMARTS) is 1. The Bertz CT molecular complexity index is 613. The molecule has 0 aliphatic rings. The molecule has 1 aromatic heterocycles. The van der Waals surface area contributed by atoms with E-state index in [-0.39, 0.29) is 0 Å². The molecular weight excluding hydrogens is 234 g/mol. The Hall–Kier alpha value is -2.43. The topological polar surface area (TPSA) is 71.6 Å². The first-order chi connectivity index (χ1) is 8.65. The minimum absolute atomic E-state index is 0.606. The van der Waals surface area contributed by atoms with Gasteiger partial charge in [0.15, 0.2) is 11.5 Å². The Labute approximate surface area is 104 Å². The van der Waals surface area contributed by atoms with Crippen LogP contribution < -0.4 is 9.47 Å². The summed E-state index contributed by atoms with van der Waals surface area (Å²) in [6.45, 7) is 0. The molecule has 0 saturated heterocycles. The van der Waals surface area contributed by atoms with Crippen LogP contribution in [0.5, 0.6) is 11.5 Å². The van der Waals surface area contributed by atoms with E-state index in [1.54, 1.807) is 20.4 Å². The highest BCUT2D eigenvalue weighted by atomic mass is 16.5. The van der Waals surface area contributed by atoms with Gasteiger partial charge in [-0.05, 0) is 12.1 Å². The number of hydrogen-bond donors (Lipinski definition) is 2. The molecule has 1 heterocycles. The van der Waals surface area contributed by atoms with Crippen molar-refractivity contribution in [3.05, 3.63) is 30.0 Å². The van der Waals surface area contributed by atoms with Gasteiger partial charge in [0, 0.05) is 34.8 Å². The molecule has 0 aliphatic carbocycles. The molecule has 0 amide bonds. The molecule has 0 spiro atoms. The van der Waals surface area contributed by atoms with E-state index in [2.05, 4.69) is 4.98 Å². The highest BCUT2D eigenvalue weighted by Crippen LogP contribution is 2.33. The fourth-order valence-corrected chi connectivity index (χ4v) is 1.77. The molecule has 94 valence electrons. The van der Waals surface area contributed by atoms with Crippen molar-refractivity contribution in [2.75, 3.05) is 14.2 Å². The van der Waals surface area contributed by atoms with Crippen molar-refractivity contribution in [1.82, 2.24) is 4.98 Å². The normalized spacial score (nSPS) is 11.0. The van der Waals surface area contributed by atoms with E-state index in [1.165, 1.54) is 6.08 Å². The summed E-state index contributed by atoms with van der Waals surface area (Å²) in [6.07, 6.45) is 4.37. The van der Waals surface area contributed by atoms with E-state index in [0.29, 0.717) is 11.5 Å². The predicted molar refractivity (Wildman–Crippen MR) is 68.1 cm³/mol. The van der Waals surface area contributed by atoms with E-state index in [9.17, 15) is 4.79 Å². The largest absolute Gasteiger partial charge is 0.493 e. The zero-order chi connectivity index (χ0) is 13.1. The van der Waals surface area contributed by atoms with Crippen molar-refractivity contribution in [3.63, 3.8) is 0 Å². The van der Waals surface area contributed by atoms with Crippen LogP contribution in [0.25, 0.3) is 17.0 Å². The maximum absolute atomic E-state index is 10.5. The predicted octanol–water partition coefficient (Wildman–Crippen LogP) is 2.28. The summed E-state index contributed by atoms with van der Waals surface area (Å²) < 4.78 is 10.4. The van der Waals surface area contributed by atoms with Gasteiger partial charge in [0.25, 0.3) is 0 Å². The van der Waals surface area contributed by atoms with Crippen molar-refractivity contribution < 1.29 is 19.4 Å². The van der Waals surface area contributed by atoms with Gasteiger partial charge in [0.05, 0.1) is 14.2 Å². The average Bonchev–Trinajstić information content (AvgIpc) is 2.76. The number of carbonyl (C=O) groups is 1. The highest BCUT2D eigenvalue weighted by Gasteiger charge is 2.09. The van der Waals surface area contributed by atoms with Gasteiger partial charge in [-0.25, -0.2) is 4.79 Å². The SMILES string of the molecule is COc1cc2[nH]cc(/C=C/C(=O)O)c2cc1OC. The Morgan fingerprint density at radius 2 is 1.94 bits per heavy atom. The summed E-state index contributed by atoms with van der Waals surface area (Å²) in [4.78, 5) is 13.6. The molecule has 0 atom stereocenters. The third-order valence-corrected chi connectivity index (χ3v) is 2.62. The van der Waals surface area contributed by atoms with Gasteiger partial charge in [0.1, 0.15) is 0 Å². The number of nitrogens with one attached hydrogen (secondary N) is 1. The number of ether oxygens (including phenoxy) is 2. The molecule has 1 aromatic carbocycles. The van der Waals surface area contributed by atoms with Crippen LogP contribution in [0.2, 0.25) is 0 Å². The fraction of sp³-hybridized carbons (Fsp3) is 0.154. The molecule has 0 saturated carbocycles. The summed E-state index contributed by atoms with van der Waals surface area (Å²) in [5, 5.41) is 9.51. The van der Waals surface area contributed by atoms with Crippen LogP contribution >= 0.6 is 0 Å². The zero-order valence-electron chi connectivity index (χ0n) is 10.1. The van der Waals surface area contributed by atoms with E-state index in [0.717, 1.165) is 22.5 Å². The van der Waals surface area contributed by atoms with Crippen LogP contribution in [0.15, 0.2) is 24.4 Å². The number of hydrogen-bond acceptors (Lipinski definition) is 3. The minimum atomic E-state index is -0.982. The fourth-order valence-electron chi connectivity index (χ4n) is 1.77. The van der Waals surface area contributed by atoms with Crippen molar-refractivity contribution in [1.29, 1.82) is 0 Å². The number of fused-ring (bicyclic) bond motifs is 1. The van der Waals surface area contributed by atoms with E-state index >= 15 is 0 Å². The molecule has 5 heteroatoms. The van der Waals surface area contributed by atoms with Gasteiger partial charge >= 0.3 is 5.97 Å². The first kappa shape index (κ1) is 12.0. The van der Waals surface area contributed by atoms with E-state index < -0.39 is 5.97 Å². The van der Waals surface area contributed by atoms with Crippen LogP contribution in [-0.4, -0.2) is 30.3 Å². The third-order valence-electron chi connectivity index (χ3n) is 2.62. The first-order valence-corrected chi connectivity index (χ1v) is 5.30. The molecule has 2 aromatic rings. The lowest BCUT2D eigenvalue weighted by molar-refractivity contribution is -0.131. The molecule has 0 fully saturated rings. The second-order valence-electron chi connectivity index (χ2n) is 3.67. The summed E-state index contributed by atoms with van der Waals surface area (Å²) >= 11 is 0. The van der Waals surface area contributed by atoms with Crippen LogP contribution in [-0.2, 0) is 4.79 Å². The third kappa shape index (κ3) is 2.15. The molecule has 2 rings (SSSR count). The molecule has 5 nitrogen and oxygen atoms in total. The molecule has 2 N–H and O–H groups in total. The lowest BCUT2D eigenvalue weighted by atomic mass is 10.1. The Kier molecular flexibility index (Phi) is 3.23. The number of H-pyrrole nitrogens is 1. The maximum atomic E-state index is 10.5. The van der Waals surface area contributed by atoms with Crippen LogP contribution in [0.3, 0.4) is 0 Å². The summed E-state index contributed by atoms with van der Waals surface area (Å²) in [6, 6.07) is 3.62. The number of methoxy groups -OCH3 is 2. The molecule has 18 heavy (non-hydrogen) atoms. The molecular formula is C13H13NO4. The second kappa shape index (κ2) is 4.83. The smallest absolute Gasteiger partial charge is 0.328 e. The van der Waals surface area contributed by atoms with Gasteiger partial charge < -0.3 is 19.6 Å².